The van der Waals surface area contributed by atoms with Gasteiger partial charge in [-0.05, 0) is 32.6 Å². The van der Waals surface area contributed by atoms with Crippen molar-refractivity contribution in [2.45, 2.75) is 44.9 Å². The lowest BCUT2D eigenvalue weighted by atomic mass is 10.0. The van der Waals surface area contributed by atoms with Crippen molar-refractivity contribution < 1.29 is 22.7 Å². The zero-order valence-electron chi connectivity index (χ0n) is 12.5. The zero-order valence-corrected chi connectivity index (χ0v) is 13.4. The van der Waals surface area contributed by atoms with Gasteiger partial charge in [0.2, 0.25) is 10.0 Å². The van der Waals surface area contributed by atoms with Crippen LogP contribution in [-0.4, -0.2) is 36.9 Å². The molecule has 0 spiro atoms. The molecule has 1 aromatic rings. The first-order valence-electron chi connectivity index (χ1n) is 7.12. The van der Waals surface area contributed by atoms with Crippen LogP contribution in [0.15, 0.2) is 9.31 Å². The van der Waals surface area contributed by atoms with Gasteiger partial charge in [0.1, 0.15) is 22.0 Å². The van der Waals surface area contributed by atoms with Gasteiger partial charge < -0.3 is 9.52 Å². The normalized spacial score (nSPS) is 20.0. The summed E-state index contributed by atoms with van der Waals surface area (Å²) in [6.07, 6.45) is 2.83. The van der Waals surface area contributed by atoms with Crippen LogP contribution in [-0.2, 0) is 10.0 Å². The first-order valence-corrected chi connectivity index (χ1v) is 8.56. The van der Waals surface area contributed by atoms with Gasteiger partial charge in [-0.1, -0.05) is 13.3 Å². The summed E-state index contributed by atoms with van der Waals surface area (Å²) in [7, 11) is -3.82. The second-order valence-electron chi connectivity index (χ2n) is 5.53. The van der Waals surface area contributed by atoms with Crippen molar-refractivity contribution in [3.8, 4) is 0 Å². The Bertz CT molecular complexity index is 647. The molecule has 1 aliphatic heterocycles. The molecule has 118 valence electrons. The van der Waals surface area contributed by atoms with E-state index in [1.807, 2.05) is 0 Å². The Morgan fingerprint density at radius 3 is 2.62 bits per heavy atom. The van der Waals surface area contributed by atoms with E-state index in [-0.39, 0.29) is 22.0 Å². The van der Waals surface area contributed by atoms with E-state index in [9.17, 15) is 18.3 Å². The van der Waals surface area contributed by atoms with E-state index in [1.165, 1.54) is 18.2 Å². The topological polar surface area (TPSA) is 87.8 Å². The molecular weight excluding hydrogens is 294 g/mol. The van der Waals surface area contributed by atoms with Crippen LogP contribution in [0, 0.1) is 19.8 Å². The SMILES string of the molecule is CCCC1CCN(S(=O)(=O)c2c(C)oc(C)c2C(=O)O)C1. The number of carboxylic acid groups (broad SMARTS) is 1. The Kier molecular flexibility index (Phi) is 4.43. The minimum atomic E-state index is -3.82. The van der Waals surface area contributed by atoms with Crippen molar-refractivity contribution in [1.29, 1.82) is 0 Å². The standard InChI is InChI=1S/C14H21NO5S/c1-4-5-11-6-7-15(8-11)21(18,19)13-10(3)20-9(2)12(13)14(16)17/h11H,4-8H2,1-3H3,(H,16,17). The third-order valence-electron chi connectivity index (χ3n) is 3.96. The maximum Gasteiger partial charge on any atom is 0.340 e. The Morgan fingerprint density at radius 2 is 2.05 bits per heavy atom. The molecule has 1 aromatic heterocycles. The smallest absolute Gasteiger partial charge is 0.340 e. The molecular formula is C14H21NO5S. The average molecular weight is 315 g/mol. The molecule has 1 saturated heterocycles. The lowest BCUT2D eigenvalue weighted by molar-refractivity contribution is 0.0691. The Morgan fingerprint density at radius 1 is 1.38 bits per heavy atom. The fourth-order valence-electron chi connectivity index (χ4n) is 3.01. The lowest BCUT2D eigenvalue weighted by Gasteiger charge is -2.16. The second-order valence-corrected chi connectivity index (χ2v) is 7.40. The summed E-state index contributed by atoms with van der Waals surface area (Å²) in [6.45, 7) is 5.93. The van der Waals surface area contributed by atoms with Crippen LogP contribution in [0.1, 0.15) is 48.1 Å². The highest BCUT2D eigenvalue weighted by Gasteiger charge is 2.38. The first kappa shape index (κ1) is 16.0. The Balaban J connectivity index is 2.40. The minimum Gasteiger partial charge on any atom is -0.478 e. The zero-order chi connectivity index (χ0) is 15.8. The van der Waals surface area contributed by atoms with Gasteiger partial charge >= 0.3 is 5.97 Å². The molecule has 1 atom stereocenters. The molecule has 2 heterocycles. The summed E-state index contributed by atoms with van der Waals surface area (Å²) in [6, 6.07) is 0. The number of carbonyl (C=O) groups is 1. The van der Waals surface area contributed by atoms with Crippen LogP contribution in [0.25, 0.3) is 0 Å². The quantitative estimate of drug-likeness (QED) is 0.901. The van der Waals surface area contributed by atoms with Gasteiger partial charge in [0.15, 0.2) is 0 Å². The number of nitrogens with zero attached hydrogens (tertiary/aromatic N) is 1. The van der Waals surface area contributed by atoms with E-state index in [1.54, 1.807) is 0 Å². The highest BCUT2D eigenvalue weighted by molar-refractivity contribution is 7.89. The molecule has 0 saturated carbocycles. The third-order valence-corrected chi connectivity index (χ3v) is 5.98. The molecule has 0 aromatic carbocycles. The molecule has 21 heavy (non-hydrogen) atoms. The fourth-order valence-corrected chi connectivity index (χ4v) is 4.91. The van der Waals surface area contributed by atoms with Gasteiger partial charge in [-0.15, -0.1) is 0 Å². The van der Waals surface area contributed by atoms with E-state index in [0.29, 0.717) is 19.0 Å². The molecule has 1 fully saturated rings. The summed E-state index contributed by atoms with van der Waals surface area (Å²) in [5.74, 6) is -0.648. The summed E-state index contributed by atoms with van der Waals surface area (Å²) >= 11 is 0. The number of hydrogen-bond acceptors (Lipinski definition) is 4. The van der Waals surface area contributed by atoms with Crippen molar-refractivity contribution in [2.24, 2.45) is 5.92 Å². The number of rotatable bonds is 5. The van der Waals surface area contributed by atoms with Gasteiger partial charge in [0.25, 0.3) is 0 Å². The van der Waals surface area contributed by atoms with Gasteiger partial charge in [-0.2, -0.15) is 4.31 Å². The Labute approximate surface area is 124 Å². The number of aryl methyl sites for hydroxylation is 2. The lowest BCUT2D eigenvalue weighted by Crippen LogP contribution is -2.30. The third kappa shape index (κ3) is 2.85. The van der Waals surface area contributed by atoms with E-state index in [0.717, 1.165) is 19.3 Å². The predicted octanol–water partition coefficient (Wildman–Crippen LogP) is 2.41. The monoisotopic (exact) mass is 315 g/mol. The molecule has 0 radical (unpaired) electrons. The maximum absolute atomic E-state index is 12.7. The fraction of sp³-hybridized carbons (Fsp3) is 0.643. The molecule has 1 N–H and O–H groups in total. The van der Waals surface area contributed by atoms with Crippen LogP contribution in [0.4, 0.5) is 0 Å². The predicted molar refractivity (Wildman–Crippen MR) is 76.9 cm³/mol. The van der Waals surface area contributed by atoms with Crippen molar-refractivity contribution in [3.05, 3.63) is 17.1 Å². The van der Waals surface area contributed by atoms with Gasteiger partial charge in [0.05, 0.1) is 0 Å². The molecule has 2 rings (SSSR count). The van der Waals surface area contributed by atoms with Crippen LogP contribution in [0.3, 0.4) is 0 Å². The summed E-state index contributed by atoms with van der Waals surface area (Å²) in [5, 5.41) is 9.26. The number of hydrogen-bond donors (Lipinski definition) is 1. The van der Waals surface area contributed by atoms with Crippen LogP contribution < -0.4 is 0 Å². The molecule has 7 heteroatoms. The second kappa shape index (κ2) is 5.81. The number of carboxylic acids is 1. The van der Waals surface area contributed by atoms with Crippen LogP contribution in [0.5, 0.6) is 0 Å². The number of aromatic carboxylic acids is 1. The highest BCUT2D eigenvalue weighted by atomic mass is 32.2. The average Bonchev–Trinajstić information content (AvgIpc) is 2.94. The van der Waals surface area contributed by atoms with Gasteiger partial charge in [-0.3, -0.25) is 0 Å². The van der Waals surface area contributed by atoms with Gasteiger partial charge in [0, 0.05) is 13.1 Å². The maximum atomic E-state index is 12.7. The summed E-state index contributed by atoms with van der Waals surface area (Å²) in [4.78, 5) is 11.2. The van der Waals surface area contributed by atoms with E-state index >= 15 is 0 Å². The van der Waals surface area contributed by atoms with Crippen LogP contribution in [0.2, 0.25) is 0 Å². The largest absolute Gasteiger partial charge is 0.478 e. The molecule has 0 bridgehead atoms. The molecule has 6 nitrogen and oxygen atoms in total. The highest BCUT2D eigenvalue weighted by Crippen LogP contribution is 2.32. The summed E-state index contributed by atoms with van der Waals surface area (Å²) < 4.78 is 32.1. The van der Waals surface area contributed by atoms with Crippen LogP contribution >= 0.6 is 0 Å². The van der Waals surface area contributed by atoms with Crippen molar-refractivity contribution in [3.63, 3.8) is 0 Å². The van der Waals surface area contributed by atoms with E-state index < -0.39 is 16.0 Å². The number of furan rings is 1. The molecule has 0 amide bonds. The van der Waals surface area contributed by atoms with Crippen molar-refractivity contribution in [1.82, 2.24) is 4.31 Å². The molecule has 1 unspecified atom stereocenters. The molecule has 1 aliphatic rings. The first-order chi connectivity index (χ1) is 9.78. The van der Waals surface area contributed by atoms with Crippen molar-refractivity contribution >= 4 is 16.0 Å². The van der Waals surface area contributed by atoms with Crippen molar-refractivity contribution in [2.75, 3.05) is 13.1 Å². The minimum absolute atomic E-state index is 0.128. The molecule has 0 aliphatic carbocycles. The number of sulfonamides is 1. The Hall–Kier alpha value is -1.34. The summed E-state index contributed by atoms with van der Waals surface area (Å²) in [5.41, 5.74) is -0.244. The van der Waals surface area contributed by atoms with E-state index in [2.05, 4.69) is 6.92 Å². The van der Waals surface area contributed by atoms with E-state index in [4.69, 9.17) is 4.42 Å². The van der Waals surface area contributed by atoms with Gasteiger partial charge in [-0.25, -0.2) is 13.2 Å².